The van der Waals surface area contributed by atoms with Crippen molar-refractivity contribution in [2.45, 2.75) is 0 Å². The van der Waals surface area contributed by atoms with Gasteiger partial charge < -0.3 is 9.73 Å². The molecule has 2 heterocycles. The van der Waals surface area contributed by atoms with Gasteiger partial charge in [0.1, 0.15) is 17.2 Å². The van der Waals surface area contributed by atoms with E-state index in [1.54, 1.807) is 6.08 Å². The molecule has 0 spiro atoms. The summed E-state index contributed by atoms with van der Waals surface area (Å²) in [5.74, 6) is 1.11. The lowest BCUT2D eigenvalue weighted by molar-refractivity contribution is -0.115. The van der Waals surface area contributed by atoms with Crippen molar-refractivity contribution in [1.82, 2.24) is 10.6 Å². The zero-order valence-corrected chi connectivity index (χ0v) is 13.1. The Hall–Kier alpha value is -1.67. The average Bonchev–Trinajstić information content (AvgIpc) is 2.98. The number of carbonyl (C=O) groups is 1. The summed E-state index contributed by atoms with van der Waals surface area (Å²) < 4.78 is 6.88. The minimum atomic E-state index is -0.248. The van der Waals surface area contributed by atoms with Crippen molar-refractivity contribution in [3.8, 4) is 11.3 Å². The summed E-state index contributed by atoms with van der Waals surface area (Å²) in [6, 6.07) is 11.7. The van der Waals surface area contributed by atoms with Crippen LogP contribution in [0.15, 0.2) is 46.5 Å². The van der Waals surface area contributed by atoms with Crippen molar-refractivity contribution >= 4 is 51.9 Å². The van der Waals surface area contributed by atoms with Gasteiger partial charge in [0.25, 0.3) is 5.91 Å². The van der Waals surface area contributed by atoms with Crippen molar-refractivity contribution in [2.24, 2.45) is 0 Å². The molecule has 0 radical (unpaired) electrons. The Morgan fingerprint density at radius 3 is 2.50 bits per heavy atom. The second kappa shape index (κ2) is 5.37. The molecule has 1 aliphatic heterocycles. The van der Waals surface area contributed by atoms with E-state index in [1.165, 1.54) is 3.57 Å². The van der Waals surface area contributed by atoms with Gasteiger partial charge in [-0.2, -0.15) is 0 Å². The Bertz CT molecular complexity index is 719. The van der Waals surface area contributed by atoms with Gasteiger partial charge >= 0.3 is 0 Å². The highest BCUT2D eigenvalue weighted by atomic mass is 127. The zero-order chi connectivity index (χ0) is 14.1. The SMILES string of the molecule is O=C1NC(=S)N/C1=C/c1ccc(-c2ccc(I)cc2)o1. The first-order valence-corrected chi connectivity index (χ1v) is 7.30. The zero-order valence-electron chi connectivity index (χ0n) is 10.1. The third-order valence-corrected chi connectivity index (χ3v) is 3.69. The molecule has 100 valence electrons. The summed E-state index contributed by atoms with van der Waals surface area (Å²) in [5.41, 5.74) is 1.38. The van der Waals surface area contributed by atoms with Gasteiger partial charge in [-0.05, 0) is 59.1 Å². The molecule has 0 atom stereocenters. The van der Waals surface area contributed by atoms with E-state index in [-0.39, 0.29) is 5.91 Å². The van der Waals surface area contributed by atoms with E-state index in [0.717, 1.165) is 11.3 Å². The molecule has 3 rings (SSSR count). The minimum absolute atomic E-state index is 0.248. The number of halogens is 1. The van der Waals surface area contributed by atoms with Crippen LogP contribution in [0.5, 0.6) is 0 Å². The van der Waals surface area contributed by atoms with Crippen LogP contribution in [-0.2, 0) is 4.79 Å². The molecular formula is C14H9IN2O2S. The van der Waals surface area contributed by atoms with E-state index < -0.39 is 0 Å². The molecule has 2 aromatic rings. The highest BCUT2D eigenvalue weighted by molar-refractivity contribution is 14.1. The van der Waals surface area contributed by atoms with Crippen LogP contribution >= 0.6 is 34.8 Å². The number of hydrogen-bond donors (Lipinski definition) is 2. The maximum atomic E-state index is 11.5. The van der Waals surface area contributed by atoms with E-state index in [2.05, 4.69) is 33.2 Å². The smallest absolute Gasteiger partial charge is 0.274 e. The molecule has 1 saturated heterocycles. The van der Waals surface area contributed by atoms with Gasteiger partial charge in [-0.3, -0.25) is 10.1 Å². The maximum absolute atomic E-state index is 11.5. The fraction of sp³-hybridized carbons (Fsp3) is 0. The van der Waals surface area contributed by atoms with Crippen molar-refractivity contribution in [3.05, 3.63) is 51.4 Å². The van der Waals surface area contributed by atoms with Crippen molar-refractivity contribution in [1.29, 1.82) is 0 Å². The first-order valence-electron chi connectivity index (χ1n) is 5.81. The van der Waals surface area contributed by atoms with E-state index in [0.29, 0.717) is 16.6 Å². The quantitative estimate of drug-likeness (QED) is 0.466. The number of carbonyl (C=O) groups excluding carboxylic acids is 1. The lowest BCUT2D eigenvalue weighted by atomic mass is 10.2. The minimum Gasteiger partial charge on any atom is -0.457 e. The van der Waals surface area contributed by atoms with Crippen LogP contribution in [0.25, 0.3) is 17.4 Å². The third kappa shape index (κ3) is 2.75. The maximum Gasteiger partial charge on any atom is 0.274 e. The van der Waals surface area contributed by atoms with Gasteiger partial charge in [0, 0.05) is 15.2 Å². The molecule has 1 aromatic carbocycles. The number of rotatable bonds is 2. The van der Waals surface area contributed by atoms with Crippen LogP contribution in [0.1, 0.15) is 5.76 Å². The predicted molar refractivity (Wildman–Crippen MR) is 88.7 cm³/mol. The molecule has 0 aliphatic carbocycles. The van der Waals surface area contributed by atoms with E-state index in [4.69, 9.17) is 16.6 Å². The molecule has 1 aromatic heterocycles. The normalized spacial score (nSPS) is 16.4. The lowest BCUT2D eigenvalue weighted by Gasteiger charge is -1.97. The first kappa shape index (κ1) is 13.3. The molecule has 6 heteroatoms. The Kier molecular flexibility index (Phi) is 3.58. The molecular weight excluding hydrogens is 387 g/mol. The summed E-state index contributed by atoms with van der Waals surface area (Å²) in [6.07, 6.45) is 1.63. The summed E-state index contributed by atoms with van der Waals surface area (Å²) in [6.45, 7) is 0. The monoisotopic (exact) mass is 396 g/mol. The van der Waals surface area contributed by atoms with Crippen molar-refractivity contribution in [2.75, 3.05) is 0 Å². The topological polar surface area (TPSA) is 54.3 Å². The summed E-state index contributed by atoms with van der Waals surface area (Å²) in [7, 11) is 0. The van der Waals surface area contributed by atoms with Crippen LogP contribution < -0.4 is 10.6 Å². The van der Waals surface area contributed by atoms with E-state index in [1.807, 2.05) is 36.4 Å². The lowest BCUT2D eigenvalue weighted by Crippen LogP contribution is -2.21. The number of hydrogen-bond acceptors (Lipinski definition) is 3. The van der Waals surface area contributed by atoms with Gasteiger partial charge in [-0.15, -0.1) is 0 Å². The summed E-state index contributed by atoms with van der Waals surface area (Å²) in [4.78, 5) is 11.5. The highest BCUT2D eigenvalue weighted by Gasteiger charge is 2.20. The van der Waals surface area contributed by atoms with Crippen LogP contribution in [0.4, 0.5) is 0 Å². The average molecular weight is 396 g/mol. The molecule has 20 heavy (non-hydrogen) atoms. The molecule has 0 unspecified atom stereocenters. The molecule has 0 saturated carbocycles. The van der Waals surface area contributed by atoms with Crippen LogP contribution in [0.3, 0.4) is 0 Å². The molecule has 1 aliphatic rings. The van der Waals surface area contributed by atoms with Crippen LogP contribution in [0.2, 0.25) is 0 Å². The summed E-state index contributed by atoms with van der Waals surface area (Å²) >= 11 is 7.12. The van der Waals surface area contributed by atoms with E-state index in [9.17, 15) is 4.79 Å². The number of thiocarbonyl (C=S) groups is 1. The Morgan fingerprint density at radius 2 is 1.85 bits per heavy atom. The second-order valence-corrected chi connectivity index (χ2v) is 5.83. The highest BCUT2D eigenvalue weighted by Crippen LogP contribution is 2.24. The number of amides is 1. The van der Waals surface area contributed by atoms with Crippen molar-refractivity contribution < 1.29 is 9.21 Å². The van der Waals surface area contributed by atoms with Gasteiger partial charge in [0.05, 0.1) is 0 Å². The molecule has 0 bridgehead atoms. The van der Waals surface area contributed by atoms with E-state index >= 15 is 0 Å². The molecule has 1 amide bonds. The van der Waals surface area contributed by atoms with Crippen LogP contribution in [-0.4, -0.2) is 11.0 Å². The number of nitrogens with one attached hydrogen (secondary N) is 2. The van der Waals surface area contributed by atoms with Gasteiger partial charge in [0.2, 0.25) is 0 Å². The number of furan rings is 1. The third-order valence-electron chi connectivity index (χ3n) is 2.76. The van der Waals surface area contributed by atoms with Crippen LogP contribution in [0, 0.1) is 3.57 Å². The van der Waals surface area contributed by atoms with Gasteiger partial charge in [0.15, 0.2) is 5.11 Å². The van der Waals surface area contributed by atoms with Gasteiger partial charge in [-0.1, -0.05) is 12.1 Å². The Balaban J connectivity index is 1.87. The second-order valence-electron chi connectivity index (χ2n) is 4.18. The Labute approximate surface area is 134 Å². The fourth-order valence-electron chi connectivity index (χ4n) is 1.82. The predicted octanol–water partition coefficient (Wildman–Crippen LogP) is 2.90. The molecule has 1 fully saturated rings. The summed E-state index contributed by atoms with van der Waals surface area (Å²) in [5, 5.41) is 5.59. The first-order chi connectivity index (χ1) is 9.61. The van der Waals surface area contributed by atoms with Gasteiger partial charge in [-0.25, -0.2) is 0 Å². The molecule has 2 N–H and O–H groups in total. The van der Waals surface area contributed by atoms with Crippen molar-refractivity contribution in [3.63, 3.8) is 0 Å². The standard InChI is InChI=1S/C14H9IN2O2S/c15-9-3-1-8(2-4-9)12-6-5-10(19-12)7-11-13(18)17-14(20)16-11/h1-7H,(H2,16,17,18,20)/b11-7+. The largest absolute Gasteiger partial charge is 0.457 e. The number of benzene rings is 1. The molecule has 4 nitrogen and oxygen atoms in total. The fourth-order valence-corrected chi connectivity index (χ4v) is 2.39. The Morgan fingerprint density at radius 1 is 1.10 bits per heavy atom.